The zero-order valence-corrected chi connectivity index (χ0v) is 18.5. The highest BCUT2D eigenvalue weighted by molar-refractivity contribution is 6.01. The lowest BCUT2D eigenvalue weighted by Crippen LogP contribution is -2.18. The van der Waals surface area contributed by atoms with Crippen LogP contribution in [0.2, 0.25) is 0 Å². The van der Waals surface area contributed by atoms with Crippen molar-refractivity contribution in [2.24, 2.45) is 11.1 Å². The number of carbonyl (C=O) groups excluding carboxylic acids is 2. The van der Waals surface area contributed by atoms with Gasteiger partial charge in [0.25, 0.3) is 5.91 Å². The molecule has 32 heavy (non-hydrogen) atoms. The number of ether oxygens (including phenoxy) is 2. The summed E-state index contributed by atoms with van der Waals surface area (Å²) in [5.74, 6) is 0.943. The lowest BCUT2D eigenvalue weighted by Gasteiger charge is -2.17. The first-order valence-electron chi connectivity index (χ1n) is 10.2. The summed E-state index contributed by atoms with van der Waals surface area (Å²) in [6.45, 7) is 6.13. The van der Waals surface area contributed by atoms with E-state index in [1.165, 1.54) is 7.11 Å². The quantitative estimate of drug-likeness (QED) is 0.470. The van der Waals surface area contributed by atoms with Gasteiger partial charge in [-0.05, 0) is 41.8 Å². The molecule has 164 valence electrons. The second kappa shape index (κ2) is 8.00. The lowest BCUT2D eigenvalue weighted by atomic mass is 9.92. The molecule has 0 bridgehead atoms. The number of fused-ring (bicyclic) bond motifs is 2. The number of carbonyl (C=O) groups is 2. The number of pyridine rings is 1. The van der Waals surface area contributed by atoms with Gasteiger partial charge in [0.15, 0.2) is 0 Å². The van der Waals surface area contributed by atoms with E-state index in [4.69, 9.17) is 15.2 Å². The first-order valence-corrected chi connectivity index (χ1v) is 10.2. The first-order chi connectivity index (χ1) is 15.2. The SMILES string of the molecule is COc1cc2nccc(Oc3ccc4c(ccn4C(=O)CC(C)(C)C)c3)c2cc1C(N)=O. The third-order valence-corrected chi connectivity index (χ3v) is 5.13. The summed E-state index contributed by atoms with van der Waals surface area (Å²) >= 11 is 0. The minimum absolute atomic E-state index is 0.0502. The molecule has 0 atom stereocenters. The van der Waals surface area contributed by atoms with Crippen molar-refractivity contribution in [1.29, 1.82) is 0 Å². The number of benzene rings is 2. The van der Waals surface area contributed by atoms with E-state index in [2.05, 4.69) is 4.98 Å². The molecule has 2 heterocycles. The molecule has 2 aromatic carbocycles. The van der Waals surface area contributed by atoms with Crippen LogP contribution in [0.1, 0.15) is 42.3 Å². The highest BCUT2D eigenvalue weighted by Gasteiger charge is 2.19. The van der Waals surface area contributed by atoms with E-state index in [9.17, 15) is 9.59 Å². The molecule has 1 amide bonds. The van der Waals surface area contributed by atoms with E-state index in [0.29, 0.717) is 34.6 Å². The van der Waals surface area contributed by atoms with Crippen molar-refractivity contribution in [3.05, 3.63) is 60.4 Å². The van der Waals surface area contributed by atoms with Crippen LogP contribution in [-0.2, 0) is 0 Å². The topological polar surface area (TPSA) is 96.4 Å². The number of nitrogens with zero attached hydrogens (tertiary/aromatic N) is 2. The highest BCUT2D eigenvalue weighted by atomic mass is 16.5. The Labute approximate surface area is 185 Å². The van der Waals surface area contributed by atoms with Gasteiger partial charge in [0.2, 0.25) is 5.91 Å². The molecule has 4 rings (SSSR count). The van der Waals surface area contributed by atoms with Crippen molar-refractivity contribution in [3.63, 3.8) is 0 Å². The average Bonchev–Trinajstić information content (AvgIpc) is 3.15. The van der Waals surface area contributed by atoms with E-state index in [1.807, 2.05) is 45.0 Å². The van der Waals surface area contributed by atoms with Gasteiger partial charge in [0.1, 0.15) is 17.2 Å². The monoisotopic (exact) mass is 431 g/mol. The van der Waals surface area contributed by atoms with E-state index in [-0.39, 0.29) is 16.9 Å². The minimum atomic E-state index is -0.596. The summed E-state index contributed by atoms with van der Waals surface area (Å²) in [5.41, 5.74) is 7.10. The molecule has 0 saturated heterocycles. The van der Waals surface area contributed by atoms with Gasteiger partial charge in [-0.2, -0.15) is 0 Å². The molecule has 7 heteroatoms. The van der Waals surface area contributed by atoms with E-state index in [1.54, 1.807) is 35.2 Å². The van der Waals surface area contributed by atoms with Gasteiger partial charge >= 0.3 is 0 Å². The van der Waals surface area contributed by atoms with Gasteiger partial charge in [0, 0.05) is 35.7 Å². The Balaban J connectivity index is 1.70. The fourth-order valence-electron chi connectivity index (χ4n) is 3.67. The molecule has 0 unspecified atom stereocenters. The lowest BCUT2D eigenvalue weighted by molar-refractivity contribution is 0.0861. The number of aromatic nitrogens is 2. The fraction of sp³-hybridized carbons (Fsp3) is 0.240. The van der Waals surface area contributed by atoms with Crippen LogP contribution in [-0.4, -0.2) is 28.5 Å². The summed E-state index contributed by atoms with van der Waals surface area (Å²) in [6, 6.07) is 12.5. The third-order valence-electron chi connectivity index (χ3n) is 5.13. The molecule has 4 aromatic rings. The second-order valence-electron chi connectivity index (χ2n) is 8.88. The molecule has 0 aliphatic carbocycles. The fourth-order valence-corrected chi connectivity index (χ4v) is 3.67. The molecule has 2 N–H and O–H groups in total. The first kappa shape index (κ1) is 21.4. The molecule has 0 aliphatic rings. The van der Waals surface area contributed by atoms with Crippen LogP contribution in [0, 0.1) is 5.41 Å². The number of methoxy groups -OCH3 is 1. The standard InChI is InChI=1S/C25H25N3O4/c1-25(2,3)14-23(29)28-10-8-15-11-16(5-6-20(15)28)32-21-7-9-27-19-13-22(31-4)18(24(26)30)12-17(19)21/h5-13H,14H2,1-4H3,(H2,26,30). The number of hydrogen-bond acceptors (Lipinski definition) is 5. The van der Waals surface area contributed by atoms with Gasteiger partial charge in [0.05, 0.1) is 23.7 Å². The van der Waals surface area contributed by atoms with Gasteiger partial charge in [-0.3, -0.25) is 19.1 Å². The van der Waals surface area contributed by atoms with Crippen LogP contribution in [0.3, 0.4) is 0 Å². The van der Waals surface area contributed by atoms with Crippen molar-refractivity contribution >= 4 is 33.6 Å². The Morgan fingerprint density at radius 1 is 1.06 bits per heavy atom. The predicted molar refractivity (Wildman–Crippen MR) is 124 cm³/mol. The number of hydrogen-bond donors (Lipinski definition) is 1. The maximum atomic E-state index is 12.7. The Morgan fingerprint density at radius 3 is 2.53 bits per heavy atom. The zero-order valence-electron chi connectivity index (χ0n) is 18.5. The van der Waals surface area contributed by atoms with Crippen LogP contribution >= 0.6 is 0 Å². The zero-order chi connectivity index (χ0) is 23.0. The van der Waals surface area contributed by atoms with E-state index in [0.717, 1.165) is 10.9 Å². The van der Waals surface area contributed by atoms with Crippen molar-refractivity contribution in [1.82, 2.24) is 9.55 Å². The molecule has 0 spiro atoms. The molecule has 0 saturated carbocycles. The van der Waals surface area contributed by atoms with Crippen LogP contribution in [0.5, 0.6) is 17.2 Å². The number of nitrogens with two attached hydrogens (primary N) is 1. The Morgan fingerprint density at radius 2 is 1.84 bits per heavy atom. The average molecular weight is 431 g/mol. The van der Waals surface area contributed by atoms with Crippen molar-refractivity contribution in [2.45, 2.75) is 27.2 Å². The Kier molecular flexibility index (Phi) is 5.34. The molecule has 0 aliphatic heterocycles. The number of rotatable bonds is 5. The van der Waals surface area contributed by atoms with Gasteiger partial charge in [-0.25, -0.2) is 0 Å². The Hall–Kier alpha value is -3.87. The molecule has 0 fully saturated rings. The summed E-state index contributed by atoms with van der Waals surface area (Å²) in [6.07, 6.45) is 3.86. The number of amides is 1. The summed E-state index contributed by atoms with van der Waals surface area (Å²) < 4.78 is 13.1. The van der Waals surface area contributed by atoms with Crippen LogP contribution in [0.25, 0.3) is 21.8 Å². The number of primary amides is 1. The molecular formula is C25H25N3O4. The Bertz CT molecular complexity index is 1350. The third kappa shape index (κ3) is 4.14. The molecule has 2 aromatic heterocycles. The normalized spacial score (nSPS) is 11.6. The second-order valence-corrected chi connectivity index (χ2v) is 8.88. The van der Waals surface area contributed by atoms with E-state index >= 15 is 0 Å². The smallest absolute Gasteiger partial charge is 0.252 e. The van der Waals surface area contributed by atoms with Gasteiger partial charge in [-0.1, -0.05) is 20.8 Å². The van der Waals surface area contributed by atoms with Crippen molar-refractivity contribution < 1.29 is 19.1 Å². The van der Waals surface area contributed by atoms with Gasteiger partial charge < -0.3 is 15.2 Å². The molecule has 0 radical (unpaired) electrons. The van der Waals surface area contributed by atoms with Crippen LogP contribution in [0.4, 0.5) is 0 Å². The van der Waals surface area contributed by atoms with Crippen LogP contribution < -0.4 is 15.2 Å². The van der Waals surface area contributed by atoms with Crippen molar-refractivity contribution in [2.75, 3.05) is 7.11 Å². The van der Waals surface area contributed by atoms with Crippen molar-refractivity contribution in [3.8, 4) is 17.2 Å². The maximum Gasteiger partial charge on any atom is 0.252 e. The summed E-state index contributed by atoms with van der Waals surface area (Å²) in [7, 11) is 1.47. The maximum absolute atomic E-state index is 12.7. The molecular weight excluding hydrogens is 406 g/mol. The van der Waals surface area contributed by atoms with E-state index < -0.39 is 5.91 Å². The minimum Gasteiger partial charge on any atom is -0.496 e. The predicted octanol–water partition coefficient (Wildman–Crippen LogP) is 5.17. The summed E-state index contributed by atoms with van der Waals surface area (Å²) in [5, 5.41) is 1.53. The summed E-state index contributed by atoms with van der Waals surface area (Å²) in [4.78, 5) is 28.9. The molecule has 7 nitrogen and oxygen atoms in total. The van der Waals surface area contributed by atoms with Gasteiger partial charge in [-0.15, -0.1) is 0 Å². The highest BCUT2D eigenvalue weighted by Crippen LogP contribution is 2.34. The largest absolute Gasteiger partial charge is 0.496 e. The van der Waals surface area contributed by atoms with Crippen LogP contribution in [0.15, 0.2) is 54.9 Å².